The molecule has 1 aliphatic heterocycles. The fraction of sp³-hybridized carbons (Fsp3) is 0.444. The first-order chi connectivity index (χ1) is 13.5. The van der Waals surface area contributed by atoms with Gasteiger partial charge in [0.25, 0.3) is 0 Å². The Balaban J connectivity index is 2.36. The van der Waals surface area contributed by atoms with Crippen LogP contribution in [0, 0.1) is 0 Å². The van der Waals surface area contributed by atoms with Gasteiger partial charge in [-0.3, -0.25) is 4.55 Å². The fourth-order valence-electron chi connectivity index (χ4n) is 3.27. The van der Waals surface area contributed by atoms with Crippen LogP contribution in [0.5, 0.6) is 0 Å². The summed E-state index contributed by atoms with van der Waals surface area (Å²) in [6.45, 7) is 5.96. The molecule has 5 nitrogen and oxygen atoms in total. The molecule has 1 aromatic carbocycles. The first-order valence-corrected chi connectivity index (χ1v) is 10.2. The summed E-state index contributed by atoms with van der Waals surface area (Å²) in [4.78, 5) is 0. The molecule has 2 atom stereocenters. The van der Waals surface area contributed by atoms with Crippen molar-refractivity contribution in [2.24, 2.45) is 0 Å². The van der Waals surface area contributed by atoms with Crippen LogP contribution in [0.15, 0.2) is 53.3 Å². The summed E-state index contributed by atoms with van der Waals surface area (Å²) >= 11 is 0. The van der Waals surface area contributed by atoms with E-state index >= 15 is 13.2 Å². The molecule has 0 spiro atoms. The van der Waals surface area contributed by atoms with Gasteiger partial charge in [-0.1, -0.05) is 30.3 Å². The van der Waals surface area contributed by atoms with E-state index in [9.17, 15) is 21.8 Å². The summed E-state index contributed by atoms with van der Waals surface area (Å²) in [6.07, 6.45) is 0. The van der Waals surface area contributed by atoms with Crippen LogP contribution in [0.1, 0.15) is 33.3 Å². The molecule has 1 saturated heterocycles. The van der Waals surface area contributed by atoms with E-state index in [1.165, 1.54) is 33.8 Å². The van der Waals surface area contributed by atoms with Crippen molar-refractivity contribution >= 4 is 17.2 Å². The molecule has 0 bridgehead atoms. The van der Waals surface area contributed by atoms with Gasteiger partial charge in [0.1, 0.15) is 5.83 Å². The van der Waals surface area contributed by atoms with Gasteiger partial charge in [-0.25, -0.2) is 22.0 Å². The van der Waals surface area contributed by atoms with Crippen molar-refractivity contribution in [2.45, 2.75) is 49.6 Å². The predicted octanol–water partition coefficient (Wildman–Crippen LogP) is 4.42. The smallest absolute Gasteiger partial charge is 0.399 e. The van der Waals surface area contributed by atoms with Gasteiger partial charge in [-0.05, 0) is 27.7 Å². The van der Waals surface area contributed by atoms with E-state index in [2.05, 4.69) is 0 Å². The minimum atomic E-state index is -6.36. The Bertz CT molecular complexity index is 1040. The quantitative estimate of drug-likeness (QED) is 0.418. The number of hydrogen-bond donors (Lipinski definition) is 1. The third-order valence-corrected chi connectivity index (χ3v) is 6.88. The van der Waals surface area contributed by atoms with Crippen LogP contribution < -0.4 is 0 Å². The second kappa shape index (κ2) is 6.62. The number of halogens is 5. The molecular formula is C18H18BF5O5S. The van der Waals surface area contributed by atoms with Crippen LogP contribution in [0.2, 0.25) is 0 Å². The molecule has 0 amide bonds. The maximum atomic E-state index is 16.1. The van der Waals surface area contributed by atoms with Gasteiger partial charge in [-0.15, -0.1) is 0 Å². The van der Waals surface area contributed by atoms with Crippen molar-refractivity contribution in [1.82, 2.24) is 0 Å². The summed E-state index contributed by atoms with van der Waals surface area (Å²) in [5.74, 6) is -7.58. The molecule has 1 heterocycles. The van der Waals surface area contributed by atoms with Crippen LogP contribution in [0.3, 0.4) is 0 Å². The molecule has 2 aliphatic rings. The molecule has 0 radical (unpaired) electrons. The Morgan fingerprint density at radius 2 is 1.37 bits per heavy atom. The zero-order chi connectivity index (χ0) is 22.9. The fourth-order valence-corrected chi connectivity index (χ4v) is 4.15. The summed E-state index contributed by atoms with van der Waals surface area (Å²) in [6, 6.07) is 5.02. The number of benzene rings is 1. The number of allylic oxidation sites excluding steroid dienone is 3. The molecule has 3 rings (SSSR count). The third kappa shape index (κ3) is 2.80. The average molecular weight is 452 g/mol. The summed E-state index contributed by atoms with van der Waals surface area (Å²) < 4.78 is 120. The zero-order valence-electron chi connectivity index (χ0n) is 16.3. The Kier molecular flexibility index (Phi) is 5.06. The number of rotatable bonds is 3. The molecule has 12 heteroatoms. The van der Waals surface area contributed by atoms with Gasteiger partial charge in [0.2, 0.25) is 5.67 Å². The summed E-state index contributed by atoms with van der Waals surface area (Å²) in [7, 11) is -8.38. The Morgan fingerprint density at radius 3 is 1.80 bits per heavy atom. The zero-order valence-corrected chi connectivity index (χ0v) is 17.2. The number of alkyl halides is 2. The normalized spacial score (nSPS) is 31.5. The standard InChI is InChI=1S/C18H18BF5O5S/c1-15(2)16(3,4)29-19(28-15)11-12(20)14(22)18(24,30(25,26)27)17(23,13(11)21)10-8-6-5-7-9-10/h5-9H,1-4H3,(H,25,26,27). The predicted molar refractivity (Wildman–Crippen MR) is 98.1 cm³/mol. The maximum absolute atomic E-state index is 16.1. The van der Waals surface area contributed by atoms with Crippen molar-refractivity contribution in [3.63, 3.8) is 0 Å². The second-order valence-corrected chi connectivity index (χ2v) is 9.55. The van der Waals surface area contributed by atoms with Gasteiger partial charge in [0, 0.05) is 5.56 Å². The SMILES string of the molecule is CC1(C)OB(C2=C(F)C(F)(c3ccccc3)C(F)(S(=O)(=O)O)C(F)=C2F)OC1(C)C. The van der Waals surface area contributed by atoms with Crippen LogP contribution in [-0.2, 0) is 25.1 Å². The van der Waals surface area contributed by atoms with E-state index in [0.29, 0.717) is 0 Å². The third-order valence-electron chi connectivity index (χ3n) is 5.71. The van der Waals surface area contributed by atoms with Gasteiger partial charge in [-0.2, -0.15) is 8.42 Å². The lowest BCUT2D eigenvalue weighted by Gasteiger charge is -2.38. The van der Waals surface area contributed by atoms with Crippen molar-refractivity contribution < 1.29 is 44.2 Å². The van der Waals surface area contributed by atoms with E-state index in [1.807, 2.05) is 0 Å². The van der Waals surface area contributed by atoms with Gasteiger partial charge in [0.05, 0.1) is 16.7 Å². The van der Waals surface area contributed by atoms with Gasteiger partial charge >= 0.3 is 22.2 Å². The molecule has 1 fully saturated rings. The maximum Gasteiger partial charge on any atom is 0.500 e. The minimum absolute atomic E-state index is 0.761. The van der Waals surface area contributed by atoms with E-state index in [1.54, 1.807) is 0 Å². The summed E-state index contributed by atoms with van der Waals surface area (Å²) in [5.41, 5.74) is -9.35. The van der Waals surface area contributed by atoms with Crippen molar-refractivity contribution in [1.29, 1.82) is 0 Å². The molecule has 1 aromatic rings. The Hall–Kier alpha value is -1.76. The van der Waals surface area contributed by atoms with Crippen molar-refractivity contribution in [3.8, 4) is 0 Å². The first kappa shape index (κ1) is 22.9. The molecule has 1 N–H and O–H groups in total. The minimum Gasteiger partial charge on any atom is -0.399 e. The summed E-state index contributed by atoms with van der Waals surface area (Å²) in [5, 5.41) is -5.12. The van der Waals surface area contributed by atoms with E-state index in [-0.39, 0.29) is 0 Å². The molecule has 30 heavy (non-hydrogen) atoms. The molecule has 1 aliphatic carbocycles. The highest BCUT2D eigenvalue weighted by molar-refractivity contribution is 7.87. The van der Waals surface area contributed by atoms with E-state index in [4.69, 9.17) is 9.31 Å². The highest BCUT2D eigenvalue weighted by atomic mass is 32.2. The first-order valence-electron chi connectivity index (χ1n) is 8.74. The molecule has 164 valence electrons. The highest BCUT2D eigenvalue weighted by Crippen LogP contribution is 2.59. The Labute approximate surface area is 170 Å². The highest BCUT2D eigenvalue weighted by Gasteiger charge is 2.74. The van der Waals surface area contributed by atoms with E-state index < -0.39 is 67.6 Å². The van der Waals surface area contributed by atoms with Crippen LogP contribution in [0.25, 0.3) is 0 Å². The molecule has 2 unspecified atom stereocenters. The van der Waals surface area contributed by atoms with Crippen molar-refractivity contribution in [2.75, 3.05) is 0 Å². The monoisotopic (exact) mass is 452 g/mol. The number of hydrogen-bond acceptors (Lipinski definition) is 4. The molecule has 0 aromatic heterocycles. The Morgan fingerprint density at radius 1 is 0.900 bits per heavy atom. The molecular weight excluding hydrogens is 434 g/mol. The van der Waals surface area contributed by atoms with Gasteiger partial charge in [0.15, 0.2) is 11.7 Å². The molecule has 0 saturated carbocycles. The lowest BCUT2D eigenvalue weighted by molar-refractivity contribution is 0.00578. The van der Waals surface area contributed by atoms with Crippen molar-refractivity contribution in [3.05, 3.63) is 58.8 Å². The van der Waals surface area contributed by atoms with Crippen LogP contribution in [-0.4, -0.2) is 36.3 Å². The van der Waals surface area contributed by atoms with Crippen LogP contribution >= 0.6 is 0 Å². The topological polar surface area (TPSA) is 72.8 Å². The average Bonchev–Trinajstić information content (AvgIpc) is 2.85. The lowest BCUT2D eigenvalue weighted by Crippen LogP contribution is -2.55. The van der Waals surface area contributed by atoms with Crippen LogP contribution in [0.4, 0.5) is 22.0 Å². The second-order valence-electron chi connectivity index (χ2n) is 8.04. The largest absolute Gasteiger partial charge is 0.500 e. The van der Waals surface area contributed by atoms with Gasteiger partial charge < -0.3 is 9.31 Å². The van der Waals surface area contributed by atoms with E-state index in [0.717, 1.165) is 24.3 Å². The lowest BCUT2D eigenvalue weighted by atomic mass is 9.69.